The van der Waals surface area contributed by atoms with Crippen LogP contribution in [0.25, 0.3) is 0 Å². The number of carbonyl (C=O) groups is 3. The monoisotopic (exact) mass is 497 g/mol. The van der Waals surface area contributed by atoms with E-state index < -0.39 is 12.0 Å². The van der Waals surface area contributed by atoms with Crippen molar-refractivity contribution in [3.63, 3.8) is 0 Å². The maximum Gasteiger partial charge on any atom is 0.333 e. The molecule has 0 saturated carbocycles. The highest BCUT2D eigenvalue weighted by Gasteiger charge is 2.49. The first-order valence-corrected chi connectivity index (χ1v) is 13.0. The number of ether oxygens (including phenoxy) is 1. The zero-order valence-electron chi connectivity index (χ0n) is 21.1. The lowest BCUT2D eigenvalue weighted by Crippen LogP contribution is -2.66. The van der Waals surface area contributed by atoms with Crippen LogP contribution < -0.4 is 5.32 Å². The van der Waals surface area contributed by atoms with Crippen molar-refractivity contribution in [1.82, 2.24) is 5.32 Å². The molecule has 6 heteroatoms. The molecule has 1 N–H and O–H groups in total. The molecule has 3 saturated heterocycles. The van der Waals surface area contributed by atoms with Gasteiger partial charge in [0.25, 0.3) is 5.91 Å². The third-order valence-electron chi connectivity index (χ3n) is 7.84. The summed E-state index contributed by atoms with van der Waals surface area (Å²) in [6, 6.07) is 24.9. The summed E-state index contributed by atoms with van der Waals surface area (Å²) in [4.78, 5) is 39.6. The van der Waals surface area contributed by atoms with E-state index in [0.29, 0.717) is 28.7 Å². The molecule has 0 radical (unpaired) electrons. The van der Waals surface area contributed by atoms with E-state index in [0.717, 1.165) is 37.1 Å². The van der Waals surface area contributed by atoms with Gasteiger partial charge in [0.05, 0.1) is 13.1 Å². The van der Waals surface area contributed by atoms with E-state index in [1.807, 2.05) is 67.6 Å². The Labute approximate surface area is 217 Å². The number of amides is 1. The number of piperidine rings is 3. The number of nitrogens with one attached hydrogen (secondary N) is 1. The lowest BCUT2D eigenvalue weighted by Gasteiger charge is -2.51. The van der Waals surface area contributed by atoms with Crippen molar-refractivity contribution >= 4 is 17.7 Å². The molecule has 3 fully saturated rings. The van der Waals surface area contributed by atoms with Gasteiger partial charge in [-0.15, -0.1) is 0 Å². The molecule has 3 aliphatic rings. The molecular formula is C31H33N2O4+. The number of hydrogen-bond donors (Lipinski definition) is 1. The second kappa shape index (κ2) is 10.7. The Morgan fingerprint density at radius 1 is 0.865 bits per heavy atom. The summed E-state index contributed by atoms with van der Waals surface area (Å²) in [6.45, 7) is 4.86. The minimum atomic E-state index is -0.914. The summed E-state index contributed by atoms with van der Waals surface area (Å²) in [5, 5.41) is 2.89. The van der Waals surface area contributed by atoms with Crippen molar-refractivity contribution < 1.29 is 23.6 Å². The summed E-state index contributed by atoms with van der Waals surface area (Å²) in [5.74, 6) is -0.383. The Morgan fingerprint density at radius 3 is 2.08 bits per heavy atom. The Bertz CT molecular complexity index is 1250. The third-order valence-corrected chi connectivity index (χ3v) is 7.84. The van der Waals surface area contributed by atoms with Gasteiger partial charge < -0.3 is 14.5 Å². The molecule has 190 valence electrons. The highest BCUT2D eigenvalue weighted by molar-refractivity contribution is 5.97. The van der Waals surface area contributed by atoms with Crippen LogP contribution in [-0.2, 0) is 9.53 Å². The molecular weight excluding hydrogens is 464 g/mol. The second-order valence-electron chi connectivity index (χ2n) is 10.4. The number of fused-ring (bicyclic) bond motifs is 3. The van der Waals surface area contributed by atoms with Crippen LogP contribution in [0.1, 0.15) is 50.7 Å². The number of esters is 1. The smallest absolute Gasteiger partial charge is 0.333 e. The van der Waals surface area contributed by atoms with Crippen LogP contribution >= 0.6 is 0 Å². The Hall–Kier alpha value is -3.77. The standard InChI is InChI=1S/C31H32N2O4/c1-22-12-14-25(15-13-22)29(32-30(35)26-10-6-3-7-11-26)31(36)37-28-21-33(18-16-24(28)17-19-33)20-27(34)23-8-4-2-5-9-23/h2-15,24,28-29H,16-21H2,1H3/p+1/t24?,28-,29?,33?/m0/s1. The van der Waals surface area contributed by atoms with Crippen molar-refractivity contribution in [1.29, 1.82) is 0 Å². The van der Waals surface area contributed by atoms with Gasteiger partial charge in [0.15, 0.2) is 12.1 Å². The van der Waals surface area contributed by atoms with E-state index in [-0.39, 0.29) is 23.7 Å². The number of rotatable bonds is 8. The van der Waals surface area contributed by atoms with Gasteiger partial charge in [-0.3, -0.25) is 9.59 Å². The van der Waals surface area contributed by atoms with Crippen molar-refractivity contribution in [3.8, 4) is 0 Å². The maximum absolute atomic E-state index is 13.6. The first-order chi connectivity index (χ1) is 17.9. The van der Waals surface area contributed by atoms with Gasteiger partial charge in [-0.25, -0.2) is 4.79 Å². The van der Waals surface area contributed by atoms with E-state index in [4.69, 9.17) is 4.74 Å². The van der Waals surface area contributed by atoms with Crippen LogP contribution in [0.5, 0.6) is 0 Å². The number of benzene rings is 3. The Balaban J connectivity index is 1.32. The van der Waals surface area contributed by atoms with Crippen molar-refractivity contribution in [3.05, 3.63) is 107 Å². The highest BCUT2D eigenvalue weighted by atomic mass is 16.5. The summed E-state index contributed by atoms with van der Waals surface area (Å²) in [7, 11) is 0. The quantitative estimate of drug-likeness (QED) is 0.283. The van der Waals surface area contributed by atoms with Crippen LogP contribution in [0.15, 0.2) is 84.9 Å². The largest absolute Gasteiger partial charge is 0.454 e. The number of aryl methyl sites for hydroxylation is 1. The SMILES string of the molecule is Cc1ccc(C(NC(=O)c2ccccc2)C(=O)O[C@H]2C[N+]3(CC(=O)c4ccccc4)CCC2CC3)cc1. The summed E-state index contributed by atoms with van der Waals surface area (Å²) >= 11 is 0. The van der Waals surface area contributed by atoms with Gasteiger partial charge in [-0.1, -0.05) is 78.4 Å². The number of carbonyl (C=O) groups excluding carboxylic acids is 3. The zero-order chi connectivity index (χ0) is 25.8. The highest BCUT2D eigenvalue weighted by Crippen LogP contribution is 2.36. The topological polar surface area (TPSA) is 72.5 Å². The fourth-order valence-corrected chi connectivity index (χ4v) is 5.66. The lowest BCUT2D eigenvalue weighted by atomic mass is 9.82. The molecule has 0 spiro atoms. The minimum absolute atomic E-state index is 0.124. The maximum atomic E-state index is 13.6. The van der Waals surface area contributed by atoms with Gasteiger partial charge in [-0.2, -0.15) is 0 Å². The number of nitrogens with zero attached hydrogens (tertiary/aromatic N) is 1. The van der Waals surface area contributed by atoms with Crippen LogP contribution in [0.3, 0.4) is 0 Å². The van der Waals surface area contributed by atoms with Crippen LogP contribution in [0, 0.1) is 12.8 Å². The summed E-state index contributed by atoms with van der Waals surface area (Å²) in [5.41, 5.74) is 2.96. The molecule has 2 atom stereocenters. The van der Waals surface area contributed by atoms with E-state index in [9.17, 15) is 14.4 Å². The molecule has 2 bridgehead atoms. The number of Topliss-reactive ketones (excluding diaryl/α,β-unsaturated/α-hetero) is 1. The zero-order valence-corrected chi connectivity index (χ0v) is 21.1. The Morgan fingerprint density at radius 2 is 1.46 bits per heavy atom. The third kappa shape index (κ3) is 5.65. The first-order valence-electron chi connectivity index (χ1n) is 13.0. The normalized spacial score (nSPS) is 23.2. The van der Waals surface area contributed by atoms with Crippen molar-refractivity contribution in [2.75, 3.05) is 26.2 Å². The molecule has 3 aromatic carbocycles. The average Bonchev–Trinajstić information content (AvgIpc) is 2.93. The predicted octanol–water partition coefficient (Wildman–Crippen LogP) is 4.50. The van der Waals surface area contributed by atoms with Gasteiger partial charge in [0.2, 0.25) is 5.78 Å². The van der Waals surface area contributed by atoms with Gasteiger partial charge in [0, 0.05) is 29.9 Å². The molecule has 6 rings (SSSR count). The van der Waals surface area contributed by atoms with E-state index in [2.05, 4.69) is 5.32 Å². The molecule has 0 aliphatic carbocycles. The van der Waals surface area contributed by atoms with Gasteiger partial charge in [0.1, 0.15) is 13.1 Å². The van der Waals surface area contributed by atoms with E-state index in [1.165, 1.54) is 0 Å². The van der Waals surface area contributed by atoms with E-state index >= 15 is 0 Å². The molecule has 3 aliphatic heterocycles. The van der Waals surface area contributed by atoms with Crippen LogP contribution in [-0.4, -0.2) is 54.4 Å². The molecule has 3 heterocycles. The lowest BCUT2D eigenvalue weighted by molar-refractivity contribution is -0.938. The molecule has 0 aromatic heterocycles. The van der Waals surface area contributed by atoms with Gasteiger partial charge in [-0.05, 0) is 24.6 Å². The summed E-state index contributed by atoms with van der Waals surface area (Å²) < 4.78 is 6.79. The number of ketones is 1. The predicted molar refractivity (Wildman–Crippen MR) is 141 cm³/mol. The van der Waals surface area contributed by atoms with Gasteiger partial charge >= 0.3 is 5.97 Å². The molecule has 1 amide bonds. The molecule has 6 nitrogen and oxygen atoms in total. The number of hydrogen-bond acceptors (Lipinski definition) is 4. The summed E-state index contributed by atoms with van der Waals surface area (Å²) in [6.07, 6.45) is 1.57. The molecule has 1 unspecified atom stereocenters. The van der Waals surface area contributed by atoms with Crippen molar-refractivity contribution in [2.45, 2.75) is 31.9 Å². The van der Waals surface area contributed by atoms with Crippen molar-refractivity contribution in [2.24, 2.45) is 5.92 Å². The average molecular weight is 498 g/mol. The van der Waals surface area contributed by atoms with Crippen LogP contribution in [0.2, 0.25) is 0 Å². The number of quaternary nitrogens is 1. The second-order valence-corrected chi connectivity index (χ2v) is 10.4. The van der Waals surface area contributed by atoms with E-state index in [1.54, 1.807) is 24.3 Å². The molecule has 3 aromatic rings. The minimum Gasteiger partial charge on any atom is -0.454 e. The first kappa shape index (κ1) is 24.9. The molecule has 37 heavy (non-hydrogen) atoms. The fourth-order valence-electron chi connectivity index (χ4n) is 5.66. The Kier molecular flexibility index (Phi) is 7.19. The van der Waals surface area contributed by atoms with Crippen LogP contribution in [0.4, 0.5) is 0 Å². The fraction of sp³-hybridized carbons (Fsp3) is 0.323.